The molecule has 0 bridgehead atoms. The Morgan fingerprint density at radius 2 is 1.95 bits per heavy atom. The zero-order valence-electron chi connectivity index (χ0n) is 12.7. The van der Waals surface area contributed by atoms with Crippen molar-refractivity contribution in [2.75, 3.05) is 13.1 Å². The number of hydrogen-bond acceptors (Lipinski definition) is 3. The standard InChI is InChI=1S/C16H22Cl2N2O2/c1-2-14(19)16(22)20-5-3-10(4-6-20)7-11-8-12(17)13(18)9-15(11)21/h8-10,14,21H,2-7,19H2,1H3. The fourth-order valence-electron chi connectivity index (χ4n) is 2.82. The van der Waals surface area contributed by atoms with Gasteiger partial charge in [-0.05, 0) is 43.2 Å². The molecule has 1 atom stereocenters. The Kier molecular flexibility index (Phi) is 5.95. The third-order valence-corrected chi connectivity index (χ3v) is 5.04. The Labute approximate surface area is 141 Å². The third kappa shape index (κ3) is 4.06. The average Bonchev–Trinajstić information content (AvgIpc) is 2.52. The molecule has 0 spiro atoms. The quantitative estimate of drug-likeness (QED) is 0.881. The number of halogens is 2. The molecule has 0 saturated carbocycles. The van der Waals surface area contributed by atoms with Gasteiger partial charge in [0.1, 0.15) is 5.75 Å². The number of benzene rings is 1. The summed E-state index contributed by atoms with van der Waals surface area (Å²) in [5, 5.41) is 10.8. The van der Waals surface area contributed by atoms with Crippen LogP contribution in [-0.2, 0) is 11.2 Å². The van der Waals surface area contributed by atoms with Crippen LogP contribution in [0.2, 0.25) is 10.0 Å². The lowest BCUT2D eigenvalue weighted by atomic mass is 9.89. The minimum atomic E-state index is -0.393. The number of nitrogens with zero attached hydrogens (tertiary/aromatic N) is 1. The molecule has 6 heteroatoms. The molecule has 1 unspecified atom stereocenters. The van der Waals surface area contributed by atoms with Crippen molar-refractivity contribution < 1.29 is 9.90 Å². The SMILES string of the molecule is CCC(N)C(=O)N1CCC(Cc2cc(Cl)c(Cl)cc2O)CC1. The van der Waals surface area contributed by atoms with Gasteiger partial charge in [-0.15, -0.1) is 0 Å². The molecule has 0 aliphatic carbocycles. The molecule has 22 heavy (non-hydrogen) atoms. The number of phenols is 1. The van der Waals surface area contributed by atoms with Gasteiger partial charge in [0.25, 0.3) is 0 Å². The van der Waals surface area contributed by atoms with E-state index in [4.69, 9.17) is 28.9 Å². The lowest BCUT2D eigenvalue weighted by Gasteiger charge is -2.33. The molecule has 1 aromatic rings. The summed E-state index contributed by atoms with van der Waals surface area (Å²) >= 11 is 11.9. The van der Waals surface area contributed by atoms with E-state index >= 15 is 0 Å². The molecule has 0 radical (unpaired) electrons. The maximum atomic E-state index is 12.1. The molecular formula is C16H22Cl2N2O2. The Balaban J connectivity index is 1.93. The molecule has 1 aliphatic heterocycles. The first-order valence-corrected chi connectivity index (χ1v) is 8.39. The van der Waals surface area contributed by atoms with Crippen LogP contribution in [0.4, 0.5) is 0 Å². The number of nitrogens with two attached hydrogens (primary N) is 1. The van der Waals surface area contributed by atoms with Crippen molar-refractivity contribution in [1.82, 2.24) is 4.90 Å². The zero-order chi connectivity index (χ0) is 16.3. The maximum absolute atomic E-state index is 12.1. The summed E-state index contributed by atoms with van der Waals surface area (Å²) in [4.78, 5) is 13.9. The highest BCUT2D eigenvalue weighted by Crippen LogP contribution is 2.33. The Morgan fingerprint density at radius 3 is 2.55 bits per heavy atom. The second-order valence-electron chi connectivity index (χ2n) is 5.88. The van der Waals surface area contributed by atoms with E-state index in [2.05, 4.69) is 0 Å². The molecule has 4 nitrogen and oxygen atoms in total. The van der Waals surface area contributed by atoms with E-state index in [1.807, 2.05) is 11.8 Å². The van der Waals surface area contributed by atoms with Gasteiger partial charge in [0.05, 0.1) is 16.1 Å². The third-order valence-electron chi connectivity index (χ3n) is 4.31. The molecule has 0 aromatic heterocycles. The smallest absolute Gasteiger partial charge is 0.239 e. The second kappa shape index (κ2) is 7.53. The topological polar surface area (TPSA) is 66.6 Å². The van der Waals surface area contributed by atoms with Gasteiger partial charge in [0.2, 0.25) is 5.91 Å². The van der Waals surface area contributed by atoms with Crippen molar-refractivity contribution in [2.24, 2.45) is 11.7 Å². The normalized spacial score (nSPS) is 17.5. The Bertz CT molecular complexity index is 543. The van der Waals surface area contributed by atoms with Crippen molar-refractivity contribution >= 4 is 29.1 Å². The molecule has 1 fully saturated rings. The first-order valence-electron chi connectivity index (χ1n) is 7.63. The molecule has 1 saturated heterocycles. The van der Waals surface area contributed by atoms with Crippen LogP contribution in [0.3, 0.4) is 0 Å². The maximum Gasteiger partial charge on any atom is 0.239 e. The van der Waals surface area contributed by atoms with Crippen LogP contribution in [0.1, 0.15) is 31.7 Å². The summed E-state index contributed by atoms with van der Waals surface area (Å²) in [6, 6.07) is 2.82. The number of aromatic hydroxyl groups is 1. The van der Waals surface area contributed by atoms with E-state index in [9.17, 15) is 9.90 Å². The van der Waals surface area contributed by atoms with Gasteiger partial charge >= 0.3 is 0 Å². The van der Waals surface area contributed by atoms with Gasteiger partial charge < -0.3 is 15.7 Å². The van der Waals surface area contributed by atoms with Crippen molar-refractivity contribution in [3.05, 3.63) is 27.7 Å². The van der Waals surface area contributed by atoms with Gasteiger partial charge in [0, 0.05) is 19.2 Å². The highest BCUT2D eigenvalue weighted by molar-refractivity contribution is 6.42. The summed E-state index contributed by atoms with van der Waals surface area (Å²) in [7, 11) is 0. The first-order chi connectivity index (χ1) is 10.4. The van der Waals surface area contributed by atoms with E-state index in [0.717, 1.165) is 37.9 Å². The molecule has 2 rings (SSSR count). The van der Waals surface area contributed by atoms with Crippen LogP contribution in [0.25, 0.3) is 0 Å². The second-order valence-corrected chi connectivity index (χ2v) is 6.70. The fraction of sp³-hybridized carbons (Fsp3) is 0.562. The van der Waals surface area contributed by atoms with Crippen LogP contribution in [0.5, 0.6) is 5.75 Å². The highest BCUT2D eigenvalue weighted by Gasteiger charge is 2.26. The minimum Gasteiger partial charge on any atom is -0.508 e. The summed E-state index contributed by atoms with van der Waals surface area (Å²) in [6.45, 7) is 3.36. The van der Waals surface area contributed by atoms with Gasteiger partial charge in [-0.3, -0.25) is 4.79 Å². The number of amides is 1. The van der Waals surface area contributed by atoms with Crippen molar-refractivity contribution in [1.29, 1.82) is 0 Å². The van der Waals surface area contributed by atoms with Crippen LogP contribution in [0.15, 0.2) is 12.1 Å². The van der Waals surface area contributed by atoms with Crippen LogP contribution in [0, 0.1) is 5.92 Å². The number of rotatable bonds is 4. The fourth-order valence-corrected chi connectivity index (χ4v) is 3.16. The number of likely N-dealkylation sites (tertiary alicyclic amines) is 1. The van der Waals surface area contributed by atoms with E-state index in [-0.39, 0.29) is 11.7 Å². The van der Waals surface area contributed by atoms with Crippen LogP contribution < -0.4 is 5.73 Å². The molecular weight excluding hydrogens is 323 g/mol. The summed E-state index contributed by atoms with van der Waals surface area (Å²) in [5.41, 5.74) is 6.61. The number of carbonyl (C=O) groups excluding carboxylic acids is 1. The largest absolute Gasteiger partial charge is 0.508 e. The van der Waals surface area contributed by atoms with Crippen molar-refractivity contribution in [3.8, 4) is 5.75 Å². The highest BCUT2D eigenvalue weighted by atomic mass is 35.5. The van der Waals surface area contributed by atoms with Crippen molar-refractivity contribution in [2.45, 2.75) is 38.6 Å². The average molecular weight is 345 g/mol. The van der Waals surface area contributed by atoms with Gasteiger partial charge in [-0.1, -0.05) is 30.1 Å². The molecule has 3 N–H and O–H groups in total. The van der Waals surface area contributed by atoms with E-state index in [1.54, 1.807) is 6.07 Å². The lowest BCUT2D eigenvalue weighted by molar-refractivity contribution is -0.134. The van der Waals surface area contributed by atoms with Crippen molar-refractivity contribution in [3.63, 3.8) is 0 Å². The van der Waals surface area contributed by atoms with Crippen LogP contribution >= 0.6 is 23.2 Å². The van der Waals surface area contributed by atoms with Gasteiger partial charge in [0.15, 0.2) is 0 Å². The van der Waals surface area contributed by atoms with Crippen LogP contribution in [-0.4, -0.2) is 35.0 Å². The number of carbonyl (C=O) groups is 1. The molecule has 122 valence electrons. The molecule has 1 aromatic carbocycles. The number of phenolic OH excluding ortho intramolecular Hbond substituents is 1. The van der Waals surface area contributed by atoms with E-state index in [1.165, 1.54) is 6.07 Å². The summed E-state index contributed by atoms with van der Waals surface area (Å²) in [5.74, 6) is 0.643. The first kappa shape index (κ1) is 17.4. The van der Waals surface area contributed by atoms with E-state index in [0.29, 0.717) is 22.4 Å². The number of hydrogen-bond donors (Lipinski definition) is 2. The Hall–Kier alpha value is -0.970. The predicted molar refractivity (Wildman–Crippen MR) is 89.4 cm³/mol. The minimum absolute atomic E-state index is 0.0401. The van der Waals surface area contributed by atoms with Gasteiger partial charge in [-0.25, -0.2) is 0 Å². The van der Waals surface area contributed by atoms with E-state index < -0.39 is 6.04 Å². The lowest BCUT2D eigenvalue weighted by Crippen LogP contribution is -2.47. The predicted octanol–water partition coefficient (Wildman–Crippen LogP) is 3.22. The number of piperidine rings is 1. The Morgan fingerprint density at radius 1 is 1.36 bits per heavy atom. The summed E-state index contributed by atoms with van der Waals surface area (Å²) in [6.07, 6.45) is 3.21. The zero-order valence-corrected chi connectivity index (χ0v) is 14.2. The summed E-state index contributed by atoms with van der Waals surface area (Å²) < 4.78 is 0. The molecule has 1 amide bonds. The monoisotopic (exact) mass is 344 g/mol. The van der Waals surface area contributed by atoms with Gasteiger partial charge in [-0.2, -0.15) is 0 Å². The molecule has 1 aliphatic rings. The molecule has 1 heterocycles.